The minimum Gasteiger partial charge on any atom is -0.303 e. The van der Waals surface area contributed by atoms with Crippen LogP contribution in [0.5, 0.6) is 0 Å². The van der Waals surface area contributed by atoms with Gasteiger partial charge in [0.25, 0.3) is 0 Å². The number of aryl methyl sites for hydroxylation is 1. The van der Waals surface area contributed by atoms with Gasteiger partial charge in [-0.25, -0.2) is 0 Å². The summed E-state index contributed by atoms with van der Waals surface area (Å²) in [5.41, 5.74) is 4.19. The van der Waals surface area contributed by atoms with Crippen molar-refractivity contribution in [1.82, 2.24) is 5.32 Å². The van der Waals surface area contributed by atoms with E-state index in [1.165, 1.54) is 29.5 Å². The Kier molecular flexibility index (Phi) is 3.58. The third-order valence-corrected chi connectivity index (χ3v) is 4.17. The molecule has 0 amide bonds. The second-order valence-electron chi connectivity index (χ2n) is 5.23. The molecule has 0 heterocycles. The summed E-state index contributed by atoms with van der Waals surface area (Å²) in [7, 11) is 0. The van der Waals surface area contributed by atoms with E-state index in [0.29, 0.717) is 12.1 Å². The largest absolute Gasteiger partial charge is 0.303 e. The number of hydrogen-bond donors (Lipinski definition) is 1. The fourth-order valence-corrected chi connectivity index (χ4v) is 3.10. The van der Waals surface area contributed by atoms with Gasteiger partial charge in [-0.15, -0.1) is 0 Å². The fourth-order valence-electron chi connectivity index (χ4n) is 2.90. The molecule has 1 aliphatic rings. The number of hydrogen-bond acceptors (Lipinski definition) is 1. The summed E-state index contributed by atoms with van der Waals surface area (Å²) >= 11 is 6.06. The normalized spacial score (nSPS) is 19.2. The molecule has 0 aromatic heterocycles. The standard InChI is InChI=1S/C17H18ClN/c1-12(14-6-4-7-15(18)11-14)19-17-10-9-13-5-2-3-8-16(13)17/h2-8,11-12,17,19H,9-10H2,1H3/t12-,17?/m0/s1. The van der Waals surface area contributed by atoms with Gasteiger partial charge in [0.2, 0.25) is 0 Å². The molecule has 0 bridgehead atoms. The molecule has 0 spiro atoms. The van der Waals surface area contributed by atoms with Crippen molar-refractivity contribution >= 4 is 11.6 Å². The van der Waals surface area contributed by atoms with Gasteiger partial charge in [0, 0.05) is 17.1 Å². The first-order valence-corrected chi connectivity index (χ1v) is 7.21. The first kappa shape index (κ1) is 12.7. The van der Waals surface area contributed by atoms with E-state index in [9.17, 15) is 0 Å². The lowest BCUT2D eigenvalue weighted by Crippen LogP contribution is -2.22. The SMILES string of the molecule is C[C@H](NC1CCc2ccccc21)c1cccc(Cl)c1. The maximum atomic E-state index is 6.06. The van der Waals surface area contributed by atoms with Crippen LogP contribution < -0.4 is 5.32 Å². The van der Waals surface area contributed by atoms with Crippen molar-refractivity contribution in [3.8, 4) is 0 Å². The summed E-state index contributed by atoms with van der Waals surface area (Å²) in [6.45, 7) is 2.20. The summed E-state index contributed by atoms with van der Waals surface area (Å²) in [4.78, 5) is 0. The molecule has 0 aliphatic heterocycles. The zero-order valence-electron chi connectivity index (χ0n) is 11.1. The van der Waals surface area contributed by atoms with Crippen LogP contribution in [0.1, 0.15) is 42.1 Å². The van der Waals surface area contributed by atoms with E-state index >= 15 is 0 Å². The lowest BCUT2D eigenvalue weighted by atomic mass is 10.0. The highest BCUT2D eigenvalue weighted by atomic mass is 35.5. The van der Waals surface area contributed by atoms with Crippen LogP contribution in [0.4, 0.5) is 0 Å². The van der Waals surface area contributed by atoms with Crippen LogP contribution in [-0.2, 0) is 6.42 Å². The van der Waals surface area contributed by atoms with Gasteiger partial charge in [-0.3, -0.25) is 0 Å². The Morgan fingerprint density at radius 1 is 1.16 bits per heavy atom. The highest BCUT2D eigenvalue weighted by Gasteiger charge is 2.23. The minimum atomic E-state index is 0.315. The first-order chi connectivity index (χ1) is 9.24. The number of rotatable bonds is 3. The third-order valence-electron chi connectivity index (χ3n) is 3.93. The van der Waals surface area contributed by atoms with Gasteiger partial charge in [-0.1, -0.05) is 48.0 Å². The average molecular weight is 272 g/mol. The summed E-state index contributed by atoms with van der Waals surface area (Å²) in [5, 5.41) is 4.52. The number of benzene rings is 2. The molecule has 0 fully saturated rings. The molecule has 1 unspecified atom stereocenters. The highest BCUT2D eigenvalue weighted by Crippen LogP contribution is 2.32. The van der Waals surface area contributed by atoms with Crippen LogP contribution in [0.15, 0.2) is 48.5 Å². The minimum absolute atomic E-state index is 0.315. The zero-order valence-corrected chi connectivity index (χ0v) is 11.8. The molecule has 0 saturated heterocycles. The Hall–Kier alpha value is -1.31. The van der Waals surface area contributed by atoms with E-state index in [0.717, 1.165) is 5.02 Å². The molecular formula is C17H18ClN. The predicted molar refractivity (Wildman–Crippen MR) is 80.5 cm³/mol. The quantitative estimate of drug-likeness (QED) is 0.855. The molecule has 19 heavy (non-hydrogen) atoms. The van der Waals surface area contributed by atoms with Crippen LogP contribution >= 0.6 is 11.6 Å². The molecule has 2 atom stereocenters. The van der Waals surface area contributed by atoms with Crippen molar-refractivity contribution in [3.05, 3.63) is 70.2 Å². The zero-order chi connectivity index (χ0) is 13.2. The topological polar surface area (TPSA) is 12.0 Å². The average Bonchev–Trinajstić information content (AvgIpc) is 2.82. The smallest absolute Gasteiger partial charge is 0.0409 e. The van der Waals surface area contributed by atoms with E-state index in [1.807, 2.05) is 18.2 Å². The van der Waals surface area contributed by atoms with Crippen molar-refractivity contribution in [1.29, 1.82) is 0 Å². The second-order valence-corrected chi connectivity index (χ2v) is 5.67. The maximum absolute atomic E-state index is 6.06. The molecule has 2 heteroatoms. The van der Waals surface area contributed by atoms with E-state index in [2.05, 4.69) is 42.6 Å². The molecule has 0 radical (unpaired) electrons. The Morgan fingerprint density at radius 3 is 2.84 bits per heavy atom. The van der Waals surface area contributed by atoms with Crippen molar-refractivity contribution in [2.45, 2.75) is 31.8 Å². The summed E-state index contributed by atoms with van der Waals surface area (Å²) in [6, 6.07) is 17.6. The molecule has 1 aliphatic carbocycles. The Balaban J connectivity index is 1.76. The molecule has 98 valence electrons. The first-order valence-electron chi connectivity index (χ1n) is 6.83. The molecular weight excluding hydrogens is 254 g/mol. The molecule has 2 aromatic rings. The lowest BCUT2D eigenvalue weighted by molar-refractivity contribution is 0.465. The Bertz CT molecular complexity index is 579. The highest BCUT2D eigenvalue weighted by molar-refractivity contribution is 6.30. The van der Waals surface area contributed by atoms with Crippen molar-refractivity contribution < 1.29 is 0 Å². The number of nitrogens with one attached hydrogen (secondary N) is 1. The van der Waals surface area contributed by atoms with E-state index in [4.69, 9.17) is 11.6 Å². The van der Waals surface area contributed by atoms with Gasteiger partial charge in [0.05, 0.1) is 0 Å². The molecule has 1 N–H and O–H groups in total. The van der Waals surface area contributed by atoms with Gasteiger partial charge >= 0.3 is 0 Å². The maximum Gasteiger partial charge on any atom is 0.0409 e. The van der Waals surface area contributed by atoms with Crippen LogP contribution in [0.25, 0.3) is 0 Å². The predicted octanol–water partition coefficient (Wildman–Crippen LogP) is 4.68. The summed E-state index contributed by atoms with van der Waals surface area (Å²) < 4.78 is 0. The summed E-state index contributed by atoms with van der Waals surface area (Å²) in [6.07, 6.45) is 2.36. The van der Waals surface area contributed by atoms with Gasteiger partial charge in [-0.2, -0.15) is 0 Å². The molecule has 0 saturated carbocycles. The monoisotopic (exact) mass is 271 g/mol. The molecule has 3 rings (SSSR count). The second kappa shape index (κ2) is 5.36. The van der Waals surface area contributed by atoms with Crippen LogP contribution in [0.3, 0.4) is 0 Å². The number of halogens is 1. The lowest BCUT2D eigenvalue weighted by Gasteiger charge is -2.21. The van der Waals surface area contributed by atoms with Crippen molar-refractivity contribution in [3.63, 3.8) is 0 Å². The van der Waals surface area contributed by atoms with E-state index in [-0.39, 0.29) is 0 Å². The van der Waals surface area contributed by atoms with Crippen molar-refractivity contribution in [2.75, 3.05) is 0 Å². The van der Waals surface area contributed by atoms with E-state index < -0.39 is 0 Å². The van der Waals surface area contributed by atoms with Crippen molar-refractivity contribution in [2.24, 2.45) is 0 Å². The van der Waals surface area contributed by atoms with E-state index in [1.54, 1.807) is 0 Å². The third kappa shape index (κ3) is 2.68. The summed E-state index contributed by atoms with van der Waals surface area (Å²) in [5.74, 6) is 0. The fraction of sp³-hybridized carbons (Fsp3) is 0.294. The molecule has 2 aromatic carbocycles. The molecule has 1 nitrogen and oxygen atoms in total. The van der Waals surface area contributed by atoms with Crippen LogP contribution in [0.2, 0.25) is 5.02 Å². The van der Waals surface area contributed by atoms with Crippen LogP contribution in [0, 0.1) is 0 Å². The van der Waals surface area contributed by atoms with Gasteiger partial charge in [0.15, 0.2) is 0 Å². The van der Waals surface area contributed by atoms with Gasteiger partial charge in [-0.05, 0) is 48.6 Å². The Labute approximate surface area is 119 Å². The van der Waals surface area contributed by atoms with Gasteiger partial charge in [0.1, 0.15) is 0 Å². The Morgan fingerprint density at radius 2 is 2.00 bits per heavy atom. The number of fused-ring (bicyclic) bond motifs is 1. The van der Waals surface area contributed by atoms with Crippen LogP contribution in [-0.4, -0.2) is 0 Å². The van der Waals surface area contributed by atoms with Gasteiger partial charge < -0.3 is 5.32 Å².